The predicted octanol–water partition coefficient (Wildman–Crippen LogP) is 0.546. The van der Waals surface area contributed by atoms with Crippen LogP contribution in [-0.2, 0) is 9.53 Å². The van der Waals surface area contributed by atoms with Gasteiger partial charge >= 0.3 is 0 Å². The molecule has 0 aromatic carbocycles. The average molecular weight is 227 g/mol. The van der Waals surface area contributed by atoms with Crippen molar-refractivity contribution < 1.29 is 14.6 Å². The number of aliphatic hydroxyl groups is 1. The highest BCUT2D eigenvalue weighted by atomic mass is 16.5. The van der Waals surface area contributed by atoms with Crippen molar-refractivity contribution in [2.75, 3.05) is 20.3 Å². The van der Waals surface area contributed by atoms with Crippen LogP contribution in [0.5, 0.6) is 0 Å². The third-order valence-corrected chi connectivity index (χ3v) is 4.01. The molecule has 0 spiro atoms. The van der Waals surface area contributed by atoms with Crippen LogP contribution in [-0.4, -0.2) is 37.4 Å². The summed E-state index contributed by atoms with van der Waals surface area (Å²) in [6, 6.07) is -0.253. The fourth-order valence-electron chi connectivity index (χ4n) is 3.22. The van der Waals surface area contributed by atoms with E-state index in [4.69, 9.17) is 9.84 Å². The maximum Gasteiger partial charge on any atom is 0.223 e. The first kappa shape index (κ1) is 11.9. The van der Waals surface area contributed by atoms with Crippen LogP contribution in [0.4, 0.5) is 0 Å². The number of nitrogens with one attached hydrogen (secondary N) is 1. The van der Waals surface area contributed by atoms with Crippen LogP contribution in [0, 0.1) is 17.8 Å². The molecule has 2 fully saturated rings. The number of amides is 1. The Morgan fingerprint density at radius 1 is 1.50 bits per heavy atom. The molecule has 0 aromatic rings. The number of hydrogen-bond acceptors (Lipinski definition) is 3. The molecule has 0 radical (unpaired) electrons. The van der Waals surface area contributed by atoms with Crippen LogP contribution in [0.15, 0.2) is 0 Å². The SMILES string of the molecule is COCC(CO)NC(=O)C1CC2CCC1C2. The molecular formula is C12H21NO3. The van der Waals surface area contributed by atoms with Gasteiger partial charge in [0.05, 0.1) is 19.3 Å². The van der Waals surface area contributed by atoms with Crippen LogP contribution >= 0.6 is 0 Å². The molecule has 0 aromatic heterocycles. The minimum atomic E-state index is -0.253. The van der Waals surface area contributed by atoms with Gasteiger partial charge in [-0.2, -0.15) is 0 Å². The van der Waals surface area contributed by atoms with E-state index in [-0.39, 0.29) is 24.5 Å². The molecule has 2 rings (SSSR count). The smallest absolute Gasteiger partial charge is 0.223 e. The largest absolute Gasteiger partial charge is 0.394 e. The lowest BCUT2D eigenvalue weighted by Crippen LogP contribution is -2.44. The van der Waals surface area contributed by atoms with E-state index >= 15 is 0 Å². The fourth-order valence-corrected chi connectivity index (χ4v) is 3.22. The van der Waals surface area contributed by atoms with Gasteiger partial charge in [-0.25, -0.2) is 0 Å². The van der Waals surface area contributed by atoms with Gasteiger partial charge < -0.3 is 15.2 Å². The molecule has 4 heteroatoms. The summed E-state index contributed by atoms with van der Waals surface area (Å²) in [5.41, 5.74) is 0. The summed E-state index contributed by atoms with van der Waals surface area (Å²) in [5.74, 6) is 1.66. The van der Waals surface area contributed by atoms with Gasteiger partial charge in [0.15, 0.2) is 0 Å². The van der Waals surface area contributed by atoms with Gasteiger partial charge in [0.25, 0.3) is 0 Å². The Morgan fingerprint density at radius 3 is 2.81 bits per heavy atom. The van der Waals surface area contributed by atoms with Crippen LogP contribution in [0.3, 0.4) is 0 Å². The highest BCUT2D eigenvalue weighted by molar-refractivity contribution is 5.79. The van der Waals surface area contributed by atoms with Crippen LogP contribution in [0.2, 0.25) is 0 Å². The maximum atomic E-state index is 12.0. The first-order valence-corrected chi connectivity index (χ1v) is 6.14. The zero-order chi connectivity index (χ0) is 11.5. The van der Waals surface area contributed by atoms with Gasteiger partial charge in [0, 0.05) is 13.0 Å². The lowest BCUT2D eigenvalue weighted by molar-refractivity contribution is -0.128. The minimum absolute atomic E-state index is 0.0552. The molecule has 4 nitrogen and oxygen atoms in total. The number of carbonyl (C=O) groups excluding carboxylic acids is 1. The number of hydrogen-bond donors (Lipinski definition) is 2. The fraction of sp³-hybridized carbons (Fsp3) is 0.917. The molecule has 0 aliphatic heterocycles. The summed E-state index contributed by atoms with van der Waals surface area (Å²) >= 11 is 0. The van der Waals surface area contributed by atoms with E-state index in [9.17, 15) is 4.79 Å². The van der Waals surface area contributed by atoms with E-state index in [2.05, 4.69) is 5.32 Å². The number of aliphatic hydroxyl groups excluding tert-OH is 1. The van der Waals surface area contributed by atoms with E-state index in [0.717, 1.165) is 12.3 Å². The van der Waals surface area contributed by atoms with Gasteiger partial charge in [-0.05, 0) is 31.1 Å². The van der Waals surface area contributed by atoms with Crippen molar-refractivity contribution in [1.82, 2.24) is 5.32 Å². The summed E-state index contributed by atoms with van der Waals surface area (Å²) in [4.78, 5) is 12.0. The molecule has 2 N–H and O–H groups in total. The minimum Gasteiger partial charge on any atom is -0.394 e. The molecular weight excluding hydrogens is 206 g/mol. The summed E-state index contributed by atoms with van der Waals surface area (Å²) in [6.07, 6.45) is 4.78. The van der Waals surface area contributed by atoms with Crippen LogP contribution in [0.1, 0.15) is 25.7 Å². The highest BCUT2D eigenvalue weighted by Crippen LogP contribution is 2.48. The zero-order valence-electron chi connectivity index (χ0n) is 9.82. The quantitative estimate of drug-likeness (QED) is 0.721. The molecule has 2 saturated carbocycles. The first-order valence-electron chi connectivity index (χ1n) is 6.14. The molecule has 2 bridgehead atoms. The maximum absolute atomic E-state index is 12.0. The van der Waals surface area contributed by atoms with E-state index in [1.165, 1.54) is 19.3 Å². The molecule has 92 valence electrons. The van der Waals surface area contributed by atoms with E-state index in [1.54, 1.807) is 7.11 Å². The number of carbonyl (C=O) groups is 1. The highest BCUT2D eigenvalue weighted by Gasteiger charge is 2.43. The van der Waals surface area contributed by atoms with Crippen LogP contribution in [0.25, 0.3) is 0 Å². The van der Waals surface area contributed by atoms with Gasteiger partial charge in [0.1, 0.15) is 0 Å². The molecule has 0 saturated heterocycles. The molecule has 1 amide bonds. The average Bonchev–Trinajstić information content (AvgIpc) is 2.89. The Balaban J connectivity index is 1.83. The summed E-state index contributed by atoms with van der Waals surface area (Å²) in [5, 5.41) is 12.0. The van der Waals surface area contributed by atoms with Gasteiger partial charge in [0.2, 0.25) is 5.91 Å². The zero-order valence-corrected chi connectivity index (χ0v) is 9.82. The van der Waals surface area contributed by atoms with Gasteiger partial charge in [-0.3, -0.25) is 4.79 Å². The van der Waals surface area contributed by atoms with Crippen molar-refractivity contribution >= 4 is 5.91 Å². The molecule has 16 heavy (non-hydrogen) atoms. The van der Waals surface area contributed by atoms with Crippen molar-refractivity contribution in [2.24, 2.45) is 17.8 Å². The third-order valence-electron chi connectivity index (χ3n) is 4.01. The van der Waals surface area contributed by atoms with Gasteiger partial charge in [-0.15, -0.1) is 0 Å². The van der Waals surface area contributed by atoms with Crippen molar-refractivity contribution in [2.45, 2.75) is 31.7 Å². The van der Waals surface area contributed by atoms with Gasteiger partial charge in [-0.1, -0.05) is 6.42 Å². The van der Waals surface area contributed by atoms with E-state index < -0.39 is 0 Å². The third kappa shape index (κ3) is 2.38. The normalized spacial score (nSPS) is 34.0. The monoisotopic (exact) mass is 227 g/mol. The Hall–Kier alpha value is -0.610. The molecule has 4 unspecified atom stereocenters. The van der Waals surface area contributed by atoms with E-state index in [1.807, 2.05) is 0 Å². The molecule has 0 heterocycles. The number of rotatable bonds is 5. The number of ether oxygens (including phenoxy) is 1. The second kappa shape index (κ2) is 5.15. The predicted molar refractivity (Wildman–Crippen MR) is 59.8 cm³/mol. The lowest BCUT2D eigenvalue weighted by Gasteiger charge is -2.23. The standard InChI is InChI=1S/C12H21NO3/c1-16-7-10(6-14)13-12(15)11-5-8-2-3-9(11)4-8/h8-11,14H,2-7H2,1H3,(H,13,15). The Labute approximate surface area is 96.4 Å². The first-order chi connectivity index (χ1) is 7.74. The van der Waals surface area contributed by atoms with Crippen molar-refractivity contribution in [3.8, 4) is 0 Å². The van der Waals surface area contributed by atoms with Crippen molar-refractivity contribution in [3.05, 3.63) is 0 Å². The molecule has 4 atom stereocenters. The second-order valence-electron chi connectivity index (χ2n) is 5.12. The number of methoxy groups -OCH3 is 1. The van der Waals surface area contributed by atoms with Crippen molar-refractivity contribution in [3.63, 3.8) is 0 Å². The molecule has 2 aliphatic rings. The Bertz CT molecular complexity index is 257. The second-order valence-corrected chi connectivity index (χ2v) is 5.12. The summed E-state index contributed by atoms with van der Waals surface area (Å²) in [7, 11) is 1.58. The Morgan fingerprint density at radius 2 is 2.31 bits per heavy atom. The number of fused-ring (bicyclic) bond motifs is 2. The lowest BCUT2D eigenvalue weighted by atomic mass is 9.88. The van der Waals surface area contributed by atoms with E-state index in [0.29, 0.717) is 12.5 Å². The molecule has 2 aliphatic carbocycles. The Kier molecular flexibility index (Phi) is 3.82. The van der Waals surface area contributed by atoms with Crippen molar-refractivity contribution in [1.29, 1.82) is 0 Å². The topological polar surface area (TPSA) is 58.6 Å². The summed E-state index contributed by atoms with van der Waals surface area (Å²) < 4.78 is 4.95. The summed E-state index contributed by atoms with van der Waals surface area (Å²) in [6.45, 7) is 0.323. The van der Waals surface area contributed by atoms with Crippen LogP contribution < -0.4 is 5.32 Å².